The van der Waals surface area contributed by atoms with Gasteiger partial charge in [0.15, 0.2) is 48.9 Å². The number of benzene rings is 2. The highest BCUT2D eigenvalue weighted by Gasteiger charge is 2.71. The predicted molar refractivity (Wildman–Crippen MR) is 336 cm³/mol. The van der Waals surface area contributed by atoms with Gasteiger partial charge >= 0.3 is 42.0 Å². The van der Waals surface area contributed by atoms with Gasteiger partial charge in [0.25, 0.3) is 0 Å². The average Bonchev–Trinajstić information content (AvgIpc) is 1.56. The Morgan fingerprint density at radius 2 is 1.12 bits per heavy atom. The quantitative estimate of drug-likeness (QED) is 0.0365. The summed E-state index contributed by atoms with van der Waals surface area (Å²) < 4.78 is 86.1. The lowest BCUT2D eigenvalue weighted by molar-refractivity contribution is -0.364. The van der Waals surface area contributed by atoms with Gasteiger partial charge in [0, 0.05) is 34.5 Å². The van der Waals surface area contributed by atoms with E-state index in [4.69, 9.17) is 120 Å². The molecule has 8 aliphatic rings. The van der Waals surface area contributed by atoms with E-state index in [0.717, 1.165) is 56.0 Å². The Hall–Kier alpha value is -4.09. The first kappa shape index (κ1) is 71.7. The van der Waals surface area contributed by atoms with Gasteiger partial charge < -0.3 is 61.6 Å². The van der Waals surface area contributed by atoms with Crippen LogP contribution in [0.2, 0.25) is 0 Å². The molecular formula is C63H77Cl5N2O21S2. The van der Waals surface area contributed by atoms with Gasteiger partial charge in [0.05, 0.1) is 18.8 Å². The molecule has 512 valence electrons. The second-order valence-corrected chi connectivity index (χ2v) is 28.6. The van der Waals surface area contributed by atoms with Gasteiger partial charge in [-0.05, 0) is 134 Å². The van der Waals surface area contributed by atoms with Crippen molar-refractivity contribution >= 4 is 130 Å². The number of Topliss-reactive ketones (excluding diaryl/α,β-unsaturated/α-hetero) is 1. The zero-order chi connectivity index (χ0) is 66.4. The van der Waals surface area contributed by atoms with Crippen molar-refractivity contribution in [1.82, 2.24) is 9.44 Å². The summed E-state index contributed by atoms with van der Waals surface area (Å²) in [6.07, 6.45) is -15.0. The molecule has 22 atom stereocenters. The van der Waals surface area contributed by atoms with Crippen LogP contribution in [0.25, 0.3) is 0 Å². The Kier molecular flexibility index (Phi) is 24.4. The van der Waals surface area contributed by atoms with E-state index in [1.54, 1.807) is 60.7 Å². The van der Waals surface area contributed by atoms with Crippen LogP contribution >= 0.6 is 81.9 Å². The Morgan fingerprint density at radius 1 is 0.581 bits per heavy atom. The van der Waals surface area contributed by atoms with E-state index in [1.807, 2.05) is 0 Å². The number of hydrogen-bond acceptors (Lipinski definition) is 23. The molecule has 2 aromatic rings. The monoisotopic (exact) mass is 1440 g/mol. The number of fused-ring (bicyclic) bond motifs is 7. The van der Waals surface area contributed by atoms with Crippen LogP contribution in [0.4, 0.5) is 9.59 Å². The molecule has 4 aliphatic heterocycles. The number of alkyl halides is 5. The molecule has 2 amide bonds. The Bertz CT molecular complexity index is 2980. The van der Waals surface area contributed by atoms with Crippen molar-refractivity contribution in [1.29, 1.82) is 0 Å². The molecule has 4 heterocycles. The lowest BCUT2D eigenvalue weighted by atomic mass is 9.44. The fourth-order valence-corrected chi connectivity index (χ4v) is 17.5. The normalized spacial score (nSPS) is 37.5. The Labute approximate surface area is 572 Å². The molecule has 1 spiro atoms. The van der Waals surface area contributed by atoms with E-state index in [2.05, 4.69) is 37.1 Å². The van der Waals surface area contributed by atoms with Crippen LogP contribution in [0, 0.1) is 52.3 Å². The van der Waals surface area contributed by atoms with Crippen LogP contribution < -0.4 is 9.44 Å². The van der Waals surface area contributed by atoms with Crippen LogP contribution in [0.5, 0.6) is 0 Å². The molecule has 10 rings (SSSR count). The number of ether oxygens (including phenoxy) is 13. The van der Waals surface area contributed by atoms with Crippen LogP contribution in [-0.2, 0) is 90.3 Å². The number of ketones is 1. The molecule has 2 N–H and O–H groups in total. The molecule has 0 radical (unpaired) electrons. The van der Waals surface area contributed by atoms with Crippen molar-refractivity contribution in [2.75, 3.05) is 49.2 Å². The van der Waals surface area contributed by atoms with Gasteiger partial charge in [-0.3, -0.25) is 38.2 Å². The maximum atomic E-state index is 15.0. The highest BCUT2D eigenvalue weighted by atomic mass is 35.5. The number of esters is 5. The van der Waals surface area contributed by atoms with Gasteiger partial charge in [0.2, 0.25) is 0 Å². The molecule has 4 saturated heterocycles. The highest BCUT2D eigenvalue weighted by molar-refractivity contribution is 7.98. The van der Waals surface area contributed by atoms with Crippen LogP contribution in [-0.4, -0.2) is 176 Å². The van der Waals surface area contributed by atoms with E-state index in [0.29, 0.717) is 48.0 Å². The van der Waals surface area contributed by atoms with E-state index in [-0.39, 0.29) is 52.8 Å². The predicted octanol–water partition coefficient (Wildman–Crippen LogP) is 9.45. The van der Waals surface area contributed by atoms with Gasteiger partial charge in [-0.25, -0.2) is 9.59 Å². The summed E-state index contributed by atoms with van der Waals surface area (Å²) in [5.74, 6) is -8.50. The van der Waals surface area contributed by atoms with Crippen molar-refractivity contribution < 1.29 is 99.9 Å². The highest BCUT2D eigenvalue weighted by Crippen LogP contribution is 2.71. The van der Waals surface area contributed by atoms with Crippen molar-refractivity contribution in [2.45, 2.75) is 175 Å². The molecule has 0 bridgehead atoms. The second-order valence-electron chi connectivity index (χ2n) is 25.5. The average molecular weight is 1440 g/mol. The number of carbonyl (C=O) groups excluding carboxylic acids is 8. The van der Waals surface area contributed by atoms with E-state index in [9.17, 15) is 33.6 Å². The lowest BCUT2D eigenvalue weighted by Gasteiger charge is -2.60. The Balaban J connectivity index is 0.938. The van der Waals surface area contributed by atoms with Crippen LogP contribution in [0.15, 0.2) is 70.5 Å². The zero-order valence-electron chi connectivity index (χ0n) is 51.5. The first-order chi connectivity index (χ1) is 44.6. The third-order valence-corrected chi connectivity index (χ3v) is 22.6. The topological polar surface area (TPSA) is 281 Å². The maximum Gasteiger partial charge on any atom is 0.417 e. The molecule has 4 aliphatic carbocycles. The second kappa shape index (κ2) is 31.6. The standard InChI is InChI=1S/C63H77Cl5N2O21S2/c1-32-17-20-63(81-29-32)33(2)49-41(91-63)22-39-38-16-15-34-21-35(18-19-61(34,3)50(38)40(71)23-62(39,49)4)82-57-55(87-47(75)27-67)53(85-45(73)25-65)51(42(83-57)30-79-44(72)24-64)89-58-56(88-48(76)28-68)54(86-46(74)26-66)52(90-60(78)70-93-37-13-9-6-10-14-37)43(84-58)31-80-59(77)69-92-36-11-7-5-8-12-36/h5-14,32-35,38-39,41-43,49-58H,15-31H2,1-4H3,(H,69,77)(H,70,78)/t32-,33?,34+,35+,38+,39+,41?,42-,43-,49?,50-,51-,52-,53+,54+,55-,56-,57-,58+,61+,62+,63-/m1/s1. The molecule has 93 heavy (non-hydrogen) atoms. The van der Waals surface area contributed by atoms with Crippen molar-refractivity contribution in [3.63, 3.8) is 0 Å². The molecule has 3 unspecified atom stereocenters. The third-order valence-electron chi connectivity index (χ3n) is 20.0. The summed E-state index contributed by atoms with van der Waals surface area (Å²) in [6, 6.07) is 17.3. The maximum absolute atomic E-state index is 15.0. The van der Waals surface area contributed by atoms with Crippen molar-refractivity contribution in [3.05, 3.63) is 60.7 Å². The summed E-state index contributed by atoms with van der Waals surface area (Å²) in [6.45, 7) is 8.09. The molecule has 23 nitrogen and oxygen atoms in total. The minimum absolute atomic E-state index is 0.00102. The summed E-state index contributed by atoms with van der Waals surface area (Å²) in [5, 5.41) is 0. The fourth-order valence-electron chi connectivity index (χ4n) is 16.1. The molecule has 30 heteroatoms. The summed E-state index contributed by atoms with van der Waals surface area (Å²) in [5.41, 5.74) is -0.662. The first-order valence-corrected chi connectivity index (χ1v) is 35.5. The molecule has 0 aromatic heterocycles. The molecular weight excluding hydrogens is 1360 g/mol. The number of nitrogens with one attached hydrogen (secondary N) is 2. The fraction of sp³-hybridized carbons (Fsp3) is 0.683. The van der Waals surface area contributed by atoms with Gasteiger partial charge in [0.1, 0.15) is 66.7 Å². The number of halogens is 5. The lowest BCUT2D eigenvalue weighted by Crippen LogP contribution is -2.68. The zero-order valence-corrected chi connectivity index (χ0v) is 57.0. The summed E-state index contributed by atoms with van der Waals surface area (Å²) >= 11 is 32.0. The van der Waals surface area contributed by atoms with E-state index < -0.39 is 163 Å². The molecule has 2 aromatic carbocycles. The molecule has 8 fully saturated rings. The van der Waals surface area contributed by atoms with Gasteiger partial charge in [-0.1, -0.05) is 64.1 Å². The van der Waals surface area contributed by atoms with Crippen LogP contribution in [0.1, 0.15) is 85.5 Å². The van der Waals surface area contributed by atoms with E-state index >= 15 is 4.79 Å². The number of rotatable bonds is 22. The first-order valence-electron chi connectivity index (χ1n) is 31.2. The Morgan fingerprint density at radius 3 is 1.69 bits per heavy atom. The third kappa shape index (κ3) is 16.1. The minimum atomic E-state index is -2.10. The van der Waals surface area contributed by atoms with Crippen LogP contribution in [0.3, 0.4) is 0 Å². The van der Waals surface area contributed by atoms with Gasteiger partial charge in [-0.15, -0.1) is 58.0 Å². The summed E-state index contributed by atoms with van der Waals surface area (Å²) in [4.78, 5) is 111. The summed E-state index contributed by atoms with van der Waals surface area (Å²) in [7, 11) is 0. The minimum Gasteiger partial charge on any atom is -0.462 e. The smallest absolute Gasteiger partial charge is 0.417 e. The SMILES string of the molecule is CC1C2C(C[C@H]3[C@@H]4CC[C@H]5C[C@@H](O[C@@H]6O[C@H](COC(=O)CCl)[C@@H](O[C@@H]7O[C@H](COC(=O)NSc8ccccc8)[C@@H](OC(=O)NSc8ccccc8)[C@H](OC(=O)CCl)[C@H]7OC(=O)CCl)[C@H](OC(=O)CCl)[C@H]6OC(=O)CCl)CC[C@]5(C)[C@H]4C(=O)C[C@]23C)O[C@]12CC[C@@H](C)CO2. The van der Waals surface area contributed by atoms with E-state index in [1.165, 1.54) is 0 Å². The number of hydrogen-bond donors (Lipinski definition) is 2. The van der Waals surface area contributed by atoms with Crippen molar-refractivity contribution in [2.24, 2.45) is 52.3 Å². The van der Waals surface area contributed by atoms with Gasteiger partial charge in [-0.2, -0.15) is 0 Å². The molecule has 4 saturated carbocycles. The largest absolute Gasteiger partial charge is 0.462 e. The van der Waals surface area contributed by atoms with Crippen molar-refractivity contribution in [3.8, 4) is 0 Å². The number of carbonyl (C=O) groups is 8. The number of amides is 2.